The standard InChI is InChI=1S/C29H32Cl3N3O4S/c1-3-4-15-33-29(37)27(16-21-11-7-5-8-12-21)34(19-22-13-9-6-10-14-22)28(36)20-35(40(2,38)39)26-18-24(31)23(30)17-25(26)32/h5-14,17-18,27H,3-4,15-16,19-20H2,1-2H3,(H,33,37)/t27-/m0/s1. The lowest BCUT2D eigenvalue weighted by atomic mass is 10.0. The van der Waals surface area contributed by atoms with Gasteiger partial charge in [-0.15, -0.1) is 0 Å². The molecule has 3 aromatic rings. The van der Waals surface area contributed by atoms with Crippen LogP contribution in [-0.2, 0) is 32.6 Å². The van der Waals surface area contributed by atoms with Gasteiger partial charge in [0.25, 0.3) is 0 Å². The molecule has 3 aromatic carbocycles. The van der Waals surface area contributed by atoms with E-state index in [0.717, 1.165) is 34.5 Å². The summed E-state index contributed by atoms with van der Waals surface area (Å²) < 4.78 is 26.7. The van der Waals surface area contributed by atoms with E-state index in [1.165, 1.54) is 17.0 Å². The number of nitrogens with one attached hydrogen (secondary N) is 1. The van der Waals surface area contributed by atoms with E-state index < -0.39 is 28.5 Å². The smallest absolute Gasteiger partial charge is 0.244 e. The first kappa shape index (κ1) is 31.7. The third kappa shape index (κ3) is 8.86. The number of carbonyl (C=O) groups excluding carboxylic acids is 2. The van der Waals surface area contributed by atoms with Crippen LogP contribution in [0.2, 0.25) is 15.1 Å². The number of rotatable bonds is 13. The molecule has 11 heteroatoms. The van der Waals surface area contributed by atoms with Crippen LogP contribution in [0.1, 0.15) is 30.9 Å². The van der Waals surface area contributed by atoms with E-state index in [1.54, 1.807) is 0 Å². The van der Waals surface area contributed by atoms with Crippen molar-refractivity contribution < 1.29 is 18.0 Å². The van der Waals surface area contributed by atoms with Gasteiger partial charge in [0.1, 0.15) is 12.6 Å². The zero-order valence-electron chi connectivity index (χ0n) is 22.3. The fraction of sp³-hybridized carbons (Fsp3) is 0.310. The van der Waals surface area contributed by atoms with E-state index in [-0.39, 0.29) is 39.6 Å². The van der Waals surface area contributed by atoms with Crippen molar-refractivity contribution in [3.8, 4) is 0 Å². The molecule has 0 radical (unpaired) electrons. The molecule has 2 amide bonds. The molecule has 0 unspecified atom stereocenters. The Hall–Kier alpha value is -2.78. The number of carbonyl (C=O) groups is 2. The van der Waals surface area contributed by atoms with Crippen molar-refractivity contribution in [1.82, 2.24) is 10.2 Å². The Morgan fingerprint density at radius 2 is 1.45 bits per heavy atom. The fourth-order valence-electron chi connectivity index (χ4n) is 4.14. The van der Waals surface area contributed by atoms with Crippen LogP contribution in [0.15, 0.2) is 72.8 Å². The second kappa shape index (κ2) is 14.7. The minimum atomic E-state index is -3.99. The van der Waals surface area contributed by atoms with Gasteiger partial charge in [-0.2, -0.15) is 0 Å². The molecule has 214 valence electrons. The molecule has 0 aliphatic heterocycles. The van der Waals surface area contributed by atoms with E-state index in [4.69, 9.17) is 34.8 Å². The molecule has 0 aliphatic carbocycles. The molecule has 0 heterocycles. The van der Waals surface area contributed by atoms with E-state index in [1.807, 2.05) is 67.6 Å². The molecule has 7 nitrogen and oxygen atoms in total. The predicted octanol–water partition coefficient (Wildman–Crippen LogP) is 5.97. The maximum absolute atomic E-state index is 14.0. The zero-order chi connectivity index (χ0) is 29.3. The van der Waals surface area contributed by atoms with Crippen LogP contribution in [0, 0.1) is 0 Å². The van der Waals surface area contributed by atoms with Crippen molar-refractivity contribution in [2.45, 2.75) is 38.8 Å². The first-order chi connectivity index (χ1) is 19.0. The van der Waals surface area contributed by atoms with Gasteiger partial charge in [0.2, 0.25) is 21.8 Å². The third-order valence-corrected chi connectivity index (χ3v) is 8.39. The summed E-state index contributed by atoms with van der Waals surface area (Å²) in [5.41, 5.74) is 1.66. The normalized spacial score (nSPS) is 12.0. The van der Waals surface area contributed by atoms with Gasteiger partial charge in [-0.1, -0.05) is 109 Å². The summed E-state index contributed by atoms with van der Waals surface area (Å²) in [6.07, 6.45) is 2.89. The highest BCUT2D eigenvalue weighted by molar-refractivity contribution is 7.92. The summed E-state index contributed by atoms with van der Waals surface area (Å²) >= 11 is 18.6. The van der Waals surface area contributed by atoms with Gasteiger partial charge < -0.3 is 10.2 Å². The summed E-state index contributed by atoms with van der Waals surface area (Å²) in [5.74, 6) is -0.900. The van der Waals surface area contributed by atoms with Crippen LogP contribution >= 0.6 is 34.8 Å². The number of hydrogen-bond acceptors (Lipinski definition) is 4. The van der Waals surface area contributed by atoms with Crippen molar-refractivity contribution >= 4 is 62.3 Å². The molecule has 0 spiro atoms. The van der Waals surface area contributed by atoms with Crippen LogP contribution < -0.4 is 9.62 Å². The molecular formula is C29H32Cl3N3O4S. The highest BCUT2D eigenvalue weighted by atomic mass is 35.5. The summed E-state index contributed by atoms with van der Waals surface area (Å²) in [5, 5.41) is 3.19. The van der Waals surface area contributed by atoms with Crippen LogP contribution in [0.3, 0.4) is 0 Å². The van der Waals surface area contributed by atoms with Crippen molar-refractivity contribution in [3.63, 3.8) is 0 Å². The first-order valence-electron chi connectivity index (χ1n) is 12.8. The van der Waals surface area contributed by atoms with Gasteiger partial charge in [-0.05, 0) is 29.7 Å². The molecular weight excluding hydrogens is 593 g/mol. The van der Waals surface area contributed by atoms with Gasteiger partial charge in [0.05, 0.1) is 27.0 Å². The van der Waals surface area contributed by atoms with E-state index in [9.17, 15) is 18.0 Å². The Kier molecular flexibility index (Phi) is 11.7. The Balaban J connectivity index is 2.05. The highest BCUT2D eigenvalue weighted by Gasteiger charge is 2.33. The summed E-state index contributed by atoms with van der Waals surface area (Å²) in [7, 11) is -3.99. The largest absolute Gasteiger partial charge is 0.354 e. The van der Waals surface area contributed by atoms with Crippen molar-refractivity contribution in [1.29, 1.82) is 0 Å². The van der Waals surface area contributed by atoms with Crippen LogP contribution in [-0.4, -0.2) is 50.5 Å². The number of hydrogen-bond donors (Lipinski definition) is 1. The third-order valence-electron chi connectivity index (χ3n) is 6.23. The average molecular weight is 625 g/mol. The summed E-state index contributed by atoms with van der Waals surface area (Å²) in [6, 6.07) is 20.3. The van der Waals surface area contributed by atoms with Gasteiger partial charge in [0, 0.05) is 19.5 Å². The first-order valence-corrected chi connectivity index (χ1v) is 15.8. The molecule has 0 saturated carbocycles. The lowest BCUT2D eigenvalue weighted by Gasteiger charge is -2.33. The lowest BCUT2D eigenvalue weighted by Crippen LogP contribution is -2.53. The SMILES string of the molecule is CCCCNC(=O)[C@H](Cc1ccccc1)N(Cc1ccccc1)C(=O)CN(c1cc(Cl)c(Cl)cc1Cl)S(C)(=O)=O. The molecule has 3 rings (SSSR count). The van der Waals surface area contributed by atoms with Gasteiger partial charge >= 0.3 is 0 Å². The second-order valence-corrected chi connectivity index (χ2v) is 12.5. The summed E-state index contributed by atoms with van der Waals surface area (Å²) in [6.45, 7) is 1.97. The number of anilines is 1. The van der Waals surface area contributed by atoms with Crippen LogP contribution in [0.25, 0.3) is 0 Å². The minimum absolute atomic E-state index is 0.0126. The number of benzene rings is 3. The quantitative estimate of drug-likeness (QED) is 0.188. The van der Waals surface area contributed by atoms with Crippen LogP contribution in [0.5, 0.6) is 0 Å². The van der Waals surface area contributed by atoms with Crippen molar-refractivity contribution in [2.24, 2.45) is 0 Å². The molecule has 1 N–H and O–H groups in total. The Morgan fingerprint density at radius 1 is 0.875 bits per heavy atom. The minimum Gasteiger partial charge on any atom is -0.354 e. The number of unbranched alkanes of at least 4 members (excludes halogenated alkanes) is 1. The Labute approximate surface area is 251 Å². The van der Waals surface area contributed by atoms with Gasteiger partial charge in [-0.3, -0.25) is 13.9 Å². The average Bonchev–Trinajstić information content (AvgIpc) is 2.92. The fourth-order valence-corrected chi connectivity index (χ4v) is 5.68. The van der Waals surface area contributed by atoms with Crippen molar-refractivity contribution in [2.75, 3.05) is 23.7 Å². The van der Waals surface area contributed by atoms with Crippen LogP contribution in [0.4, 0.5) is 5.69 Å². The number of halogens is 3. The van der Waals surface area contributed by atoms with Crippen molar-refractivity contribution in [3.05, 3.63) is 99.0 Å². The van der Waals surface area contributed by atoms with Gasteiger partial charge in [-0.25, -0.2) is 8.42 Å². The maximum atomic E-state index is 14.0. The zero-order valence-corrected chi connectivity index (χ0v) is 25.4. The number of sulfonamides is 1. The Morgan fingerprint density at radius 3 is 2.02 bits per heavy atom. The molecule has 1 atom stereocenters. The predicted molar refractivity (Wildman–Crippen MR) is 163 cm³/mol. The lowest BCUT2D eigenvalue weighted by molar-refractivity contribution is -0.140. The van der Waals surface area contributed by atoms with E-state index in [2.05, 4.69) is 5.32 Å². The molecule has 0 bridgehead atoms. The van der Waals surface area contributed by atoms with E-state index >= 15 is 0 Å². The highest BCUT2D eigenvalue weighted by Crippen LogP contribution is 2.35. The Bertz CT molecular complexity index is 1410. The number of nitrogens with zero attached hydrogens (tertiary/aromatic N) is 2. The second-order valence-electron chi connectivity index (χ2n) is 9.34. The molecule has 0 aliphatic rings. The van der Waals surface area contributed by atoms with Gasteiger partial charge in [0.15, 0.2) is 0 Å². The van der Waals surface area contributed by atoms with E-state index in [0.29, 0.717) is 6.54 Å². The molecule has 0 saturated heterocycles. The molecule has 40 heavy (non-hydrogen) atoms. The number of amides is 2. The monoisotopic (exact) mass is 623 g/mol. The molecule has 0 aromatic heterocycles. The molecule has 0 fully saturated rings. The maximum Gasteiger partial charge on any atom is 0.244 e. The topological polar surface area (TPSA) is 86.8 Å². The summed E-state index contributed by atoms with van der Waals surface area (Å²) in [4.78, 5) is 29.0.